The van der Waals surface area contributed by atoms with Crippen molar-refractivity contribution >= 4 is 5.91 Å². The molecule has 0 fully saturated rings. The van der Waals surface area contributed by atoms with Gasteiger partial charge >= 0.3 is 0 Å². The van der Waals surface area contributed by atoms with Crippen LogP contribution >= 0.6 is 0 Å². The molecular weight excluding hydrogens is 387 g/mol. The highest BCUT2D eigenvalue weighted by Gasteiger charge is 2.27. The molecule has 0 aliphatic carbocycles. The minimum atomic E-state index is -0.321. The van der Waals surface area contributed by atoms with E-state index in [1.165, 1.54) is 12.1 Å². The zero-order chi connectivity index (χ0) is 20.9. The first-order valence-electron chi connectivity index (χ1n) is 9.62. The minimum absolute atomic E-state index is 0.110. The van der Waals surface area contributed by atoms with Gasteiger partial charge in [-0.3, -0.25) is 4.79 Å². The molecule has 0 unspecified atom stereocenters. The molecule has 0 saturated carbocycles. The smallest absolute Gasteiger partial charge is 0.260 e. The van der Waals surface area contributed by atoms with E-state index in [2.05, 4.69) is 11.7 Å². The summed E-state index contributed by atoms with van der Waals surface area (Å²) in [5.74, 6) is 1.15. The lowest BCUT2D eigenvalue weighted by Crippen LogP contribution is -2.38. The predicted octanol–water partition coefficient (Wildman–Crippen LogP) is 4.01. The fourth-order valence-corrected chi connectivity index (χ4v) is 3.32. The van der Waals surface area contributed by atoms with Crippen LogP contribution in [0.2, 0.25) is 0 Å². The average Bonchev–Trinajstić information content (AvgIpc) is 3.20. The second-order valence-corrected chi connectivity index (χ2v) is 6.84. The Balaban J connectivity index is 1.44. The molecule has 0 bridgehead atoms. The number of benzene rings is 2. The van der Waals surface area contributed by atoms with Gasteiger partial charge in [0.25, 0.3) is 5.91 Å². The summed E-state index contributed by atoms with van der Waals surface area (Å²) in [5, 5.41) is 4.12. The van der Waals surface area contributed by atoms with Crippen LogP contribution in [-0.4, -0.2) is 35.7 Å². The fraction of sp³-hybridized carbons (Fsp3) is 0.217. The summed E-state index contributed by atoms with van der Waals surface area (Å²) in [6, 6.07) is 13.2. The van der Waals surface area contributed by atoms with E-state index in [1.807, 2.05) is 12.1 Å². The van der Waals surface area contributed by atoms with Crippen LogP contribution < -0.4 is 9.47 Å². The molecule has 1 aliphatic heterocycles. The van der Waals surface area contributed by atoms with Gasteiger partial charge in [-0.25, -0.2) is 4.39 Å². The molecule has 0 spiro atoms. The largest absolute Gasteiger partial charge is 0.486 e. The van der Waals surface area contributed by atoms with Gasteiger partial charge in [-0.05, 0) is 36.4 Å². The van der Waals surface area contributed by atoms with E-state index >= 15 is 0 Å². The lowest BCUT2D eigenvalue weighted by molar-refractivity contribution is -0.134. The van der Waals surface area contributed by atoms with Crippen molar-refractivity contribution in [2.24, 2.45) is 0 Å². The molecule has 1 aliphatic rings. The summed E-state index contributed by atoms with van der Waals surface area (Å²) in [5.41, 5.74) is 2.39. The Morgan fingerprint density at radius 1 is 1.17 bits per heavy atom. The third-order valence-electron chi connectivity index (χ3n) is 4.85. The molecule has 0 N–H and O–H groups in total. The maximum atomic E-state index is 13.2. The highest BCUT2D eigenvalue weighted by atomic mass is 19.1. The van der Waals surface area contributed by atoms with Gasteiger partial charge in [0.15, 0.2) is 23.9 Å². The van der Waals surface area contributed by atoms with Gasteiger partial charge in [-0.15, -0.1) is 0 Å². The van der Waals surface area contributed by atoms with Gasteiger partial charge in [0.05, 0.1) is 12.2 Å². The number of fused-ring (bicyclic) bond motifs is 1. The molecule has 4 rings (SSSR count). The molecule has 2 heterocycles. The van der Waals surface area contributed by atoms with Crippen LogP contribution in [0, 0.1) is 5.82 Å². The lowest BCUT2D eigenvalue weighted by atomic mass is 10.0. The van der Waals surface area contributed by atoms with E-state index in [-0.39, 0.29) is 18.3 Å². The number of amides is 1. The van der Waals surface area contributed by atoms with Crippen molar-refractivity contribution in [1.82, 2.24) is 10.1 Å². The molecule has 0 saturated heterocycles. The normalized spacial score (nSPS) is 12.9. The van der Waals surface area contributed by atoms with Crippen molar-refractivity contribution in [2.75, 3.05) is 19.8 Å². The molecule has 1 amide bonds. The first-order chi connectivity index (χ1) is 14.7. The first-order valence-corrected chi connectivity index (χ1v) is 9.62. The Morgan fingerprint density at radius 2 is 1.90 bits per heavy atom. The summed E-state index contributed by atoms with van der Waals surface area (Å²) in [6.07, 6.45) is 2.23. The van der Waals surface area contributed by atoms with E-state index in [1.54, 1.807) is 35.2 Å². The van der Waals surface area contributed by atoms with Crippen molar-refractivity contribution in [1.29, 1.82) is 0 Å². The predicted molar refractivity (Wildman–Crippen MR) is 109 cm³/mol. The van der Waals surface area contributed by atoms with Crippen LogP contribution in [0.4, 0.5) is 4.39 Å². The van der Waals surface area contributed by atoms with Gasteiger partial charge in [0.2, 0.25) is 0 Å². The number of hydrogen-bond acceptors (Lipinski definition) is 5. The fourth-order valence-electron chi connectivity index (χ4n) is 3.32. The molecule has 0 radical (unpaired) electrons. The maximum absolute atomic E-state index is 13.2. The van der Waals surface area contributed by atoms with E-state index < -0.39 is 0 Å². The third-order valence-corrected chi connectivity index (χ3v) is 4.85. The number of carbonyl (C=O) groups excluding carboxylic acids is 1. The Hall–Kier alpha value is -3.61. The summed E-state index contributed by atoms with van der Waals surface area (Å²) < 4.78 is 30.0. The lowest BCUT2D eigenvalue weighted by Gasteiger charge is -2.26. The van der Waals surface area contributed by atoms with Crippen LogP contribution in [-0.2, 0) is 17.8 Å². The average molecular weight is 408 g/mol. The van der Waals surface area contributed by atoms with Gasteiger partial charge in [0, 0.05) is 24.1 Å². The van der Waals surface area contributed by atoms with Crippen LogP contribution in [0.15, 0.2) is 65.7 Å². The van der Waals surface area contributed by atoms with Crippen LogP contribution in [0.3, 0.4) is 0 Å². The quantitative estimate of drug-likeness (QED) is 0.553. The van der Waals surface area contributed by atoms with Crippen molar-refractivity contribution in [3.8, 4) is 22.8 Å². The number of ether oxygens (including phenoxy) is 2. The van der Waals surface area contributed by atoms with Crippen molar-refractivity contribution in [3.05, 3.63) is 78.3 Å². The maximum Gasteiger partial charge on any atom is 0.260 e. The topological polar surface area (TPSA) is 64.8 Å². The van der Waals surface area contributed by atoms with E-state index in [4.69, 9.17) is 14.0 Å². The molecular formula is C23H21FN2O4. The highest BCUT2D eigenvalue weighted by molar-refractivity contribution is 5.78. The van der Waals surface area contributed by atoms with Gasteiger partial charge in [0.1, 0.15) is 12.4 Å². The Labute approximate surface area is 173 Å². The summed E-state index contributed by atoms with van der Waals surface area (Å²) in [4.78, 5) is 14.5. The zero-order valence-corrected chi connectivity index (χ0v) is 16.3. The third kappa shape index (κ3) is 4.20. The summed E-state index contributed by atoms with van der Waals surface area (Å²) in [7, 11) is 0. The molecule has 3 aromatic rings. The van der Waals surface area contributed by atoms with Crippen LogP contribution in [0.1, 0.15) is 11.3 Å². The Kier molecular flexibility index (Phi) is 5.79. The first kappa shape index (κ1) is 19.7. The van der Waals surface area contributed by atoms with Crippen molar-refractivity contribution < 1.29 is 23.2 Å². The molecule has 30 heavy (non-hydrogen) atoms. The number of nitrogens with zero attached hydrogens (tertiary/aromatic N) is 2. The molecule has 6 nitrogen and oxygen atoms in total. The summed E-state index contributed by atoms with van der Waals surface area (Å²) in [6.45, 7) is 4.76. The molecule has 154 valence electrons. The highest BCUT2D eigenvalue weighted by Crippen LogP contribution is 2.31. The molecule has 2 aromatic carbocycles. The standard InChI is InChI=1S/C23H21FN2O4/c1-2-13-28-20-5-3-4-6-21(20)29-15-22(27)26-12-11-19-18(14-26)23(30-25-19)16-7-9-17(24)10-8-16/h2-10H,1,11-15H2. The molecule has 7 heteroatoms. The number of rotatable bonds is 7. The minimum Gasteiger partial charge on any atom is -0.486 e. The van der Waals surface area contributed by atoms with Crippen LogP contribution in [0.25, 0.3) is 11.3 Å². The van der Waals surface area contributed by atoms with Gasteiger partial charge < -0.3 is 18.9 Å². The van der Waals surface area contributed by atoms with Gasteiger partial charge in [-0.1, -0.05) is 29.9 Å². The van der Waals surface area contributed by atoms with E-state index in [0.717, 1.165) is 16.8 Å². The number of aromatic nitrogens is 1. The summed E-state index contributed by atoms with van der Waals surface area (Å²) >= 11 is 0. The number of para-hydroxylation sites is 2. The monoisotopic (exact) mass is 408 g/mol. The Morgan fingerprint density at radius 3 is 2.63 bits per heavy atom. The number of carbonyl (C=O) groups is 1. The number of halogens is 1. The SMILES string of the molecule is C=CCOc1ccccc1OCC(=O)N1CCc2noc(-c3ccc(F)cc3)c2C1. The second kappa shape index (κ2) is 8.82. The van der Waals surface area contributed by atoms with E-state index in [9.17, 15) is 9.18 Å². The Bertz CT molecular complexity index is 1050. The van der Waals surface area contributed by atoms with Crippen molar-refractivity contribution in [3.63, 3.8) is 0 Å². The molecule has 0 atom stereocenters. The van der Waals surface area contributed by atoms with E-state index in [0.29, 0.717) is 43.4 Å². The molecule has 1 aromatic heterocycles. The van der Waals surface area contributed by atoms with Crippen LogP contribution in [0.5, 0.6) is 11.5 Å². The van der Waals surface area contributed by atoms with Gasteiger partial charge in [-0.2, -0.15) is 0 Å². The number of hydrogen-bond donors (Lipinski definition) is 0. The van der Waals surface area contributed by atoms with Crippen molar-refractivity contribution in [2.45, 2.75) is 13.0 Å². The second-order valence-electron chi connectivity index (χ2n) is 6.84. The zero-order valence-electron chi connectivity index (χ0n) is 16.3.